The van der Waals surface area contributed by atoms with Crippen LogP contribution in [0, 0.1) is 0 Å². The molecule has 0 saturated heterocycles. The van der Waals surface area contributed by atoms with Gasteiger partial charge in [-0.05, 0) is 110 Å². The third-order valence-corrected chi connectivity index (χ3v) is 13.8. The Morgan fingerprint density at radius 3 is 1.66 bits per heavy atom. The van der Waals surface area contributed by atoms with E-state index in [9.17, 15) is 0 Å². The molecule has 0 atom stereocenters. The van der Waals surface area contributed by atoms with Crippen LogP contribution in [0.2, 0.25) is 0 Å². The van der Waals surface area contributed by atoms with Gasteiger partial charge >= 0.3 is 0 Å². The van der Waals surface area contributed by atoms with Crippen LogP contribution in [0.15, 0.2) is 194 Å². The Kier molecular flexibility index (Phi) is 8.12. The Balaban J connectivity index is 0.00000420. The molecule has 61 heavy (non-hydrogen) atoms. The van der Waals surface area contributed by atoms with Gasteiger partial charge in [0.1, 0.15) is 0 Å². The molecule has 0 saturated carbocycles. The van der Waals surface area contributed by atoms with Crippen molar-refractivity contribution < 1.29 is 0 Å². The summed E-state index contributed by atoms with van der Waals surface area (Å²) in [5, 5.41) is 5.00. The van der Waals surface area contributed by atoms with E-state index in [0.717, 1.165) is 11.4 Å². The molecule has 0 bridgehead atoms. The number of benzene rings is 9. The second kappa shape index (κ2) is 13.4. The molecule has 0 radical (unpaired) electrons. The lowest BCUT2D eigenvalue weighted by atomic mass is 9.81. The van der Waals surface area contributed by atoms with E-state index in [0.29, 0.717) is 0 Å². The van der Waals surface area contributed by atoms with E-state index in [4.69, 9.17) is 0 Å². The molecule has 0 aliphatic heterocycles. The fourth-order valence-corrected chi connectivity index (χ4v) is 11.0. The van der Waals surface area contributed by atoms with Gasteiger partial charge in [-0.25, -0.2) is 0 Å². The van der Waals surface area contributed by atoms with Gasteiger partial charge in [-0.2, -0.15) is 0 Å². The topological polar surface area (TPSA) is 8.17 Å². The van der Waals surface area contributed by atoms with Crippen molar-refractivity contribution >= 4 is 49.6 Å². The van der Waals surface area contributed by atoms with Crippen LogP contribution in [0.5, 0.6) is 0 Å². The Labute approximate surface area is 359 Å². The fraction of sp³-hybridized carbons (Fsp3) is 0.119. The van der Waals surface area contributed by atoms with Gasteiger partial charge in [0.25, 0.3) is 0 Å². The highest BCUT2D eigenvalue weighted by Crippen LogP contribution is 2.56. The summed E-state index contributed by atoms with van der Waals surface area (Å²) in [6.45, 7) is 9.50. The van der Waals surface area contributed by atoms with Gasteiger partial charge in [-0.15, -0.1) is 0 Å². The highest BCUT2D eigenvalue weighted by Gasteiger charge is 2.40. The molecular formula is C59H48N2. The third kappa shape index (κ3) is 5.21. The molecule has 0 N–H and O–H groups in total. The van der Waals surface area contributed by atoms with Crippen molar-refractivity contribution in [1.82, 2.24) is 4.57 Å². The number of anilines is 3. The van der Waals surface area contributed by atoms with E-state index in [-0.39, 0.29) is 18.3 Å². The maximum atomic E-state index is 2.53. The van der Waals surface area contributed by atoms with Crippen LogP contribution in [-0.2, 0) is 10.8 Å². The number of hydrogen-bond donors (Lipinski definition) is 0. The minimum Gasteiger partial charge on any atom is -0.310 e. The van der Waals surface area contributed by atoms with Crippen LogP contribution in [0.3, 0.4) is 0 Å². The van der Waals surface area contributed by atoms with Crippen molar-refractivity contribution in [3.8, 4) is 39.1 Å². The number of para-hydroxylation sites is 2. The highest BCUT2D eigenvalue weighted by molar-refractivity contribution is 6.11. The zero-order valence-corrected chi connectivity index (χ0v) is 34.4. The van der Waals surface area contributed by atoms with Crippen molar-refractivity contribution in [2.45, 2.75) is 46.0 Å². The number of hydrogen-bond acceptors (Lipinski definition) is 1. The Bertz CT molecular complexity index is 3340. The molecule has 2 aliphatic rings. The molecule has 2 heteroatoms. The maximum absolute atomic E-state index is 2.53. The predicted octanol–water partition coefficient (Wildman–Crippen LogP) is 16.3. The highest BCUT2D eigenvalue weighted by atomic mass is 15.1. The van der Waals surface area contributed by atoms with Gasteiger partial charge < -0.3 is 9.47 Å². The number of nitrogens with zero attached hydrogens (tertiary/aromatic N) is 2. The first-order valence-electron chi connectivity index (χ1n) is 21.2. The first kappa shape index (κ1) is 36.9. The van der Waals surface area contributed by atoms with Crippen molar-refractivity contribution in [3.05, 3.63) is 216 Å². The summed E-state index contributed by atoms with van der Waals surface area (Å²) >= 11 is 0. The van der Waals surface area contributed by atoms with Crippen LogP contribution in [0.1, 0.15) is 57.4 Å². The third-order valence-electron chi connectivity index (χ3n) is 13.8. The second-order valence-electron chi connectivity index (χ2n) is 17.7. The summed E-state index contributed by atoms with van der Waals surface area (Å²) in [4.78, 5) is 2.53. The van der Waals surface area contributed by atoms with Crippen molar-refractivity contribution in [3.63, 3.8) is 0 Å². The molecule has 0 fully saturated rings. The van der Waals surface area contributed by atoms with Crippen LogP contribution >= 0.6 is 0 Å². The predicted molar refractivity (Wildman–Crippen MR) is 260 cm³/mol. The van der Waals surface area contributed by atoms with Gasteiger partial charge in [0.05, 0.1) is 22.4 Å². The average Bonchev–Trinajstić information content (AvgIpc) is 3.83. The summed E-state index contributed by atoms with van der Waals surface area (Å²) in [6, 6.07) is 72.3. The zero-order chi connectivity index (χ0) is 40.3. The molecule has 0 spiro atoms. The monoisotopic (exact) mass is 784 g/mol. The molecule has 9 aromatic carbocycles. The van der Waals surface area contributed by atoms with E-state index >= 15 is 0 Å². The van der Waals surface area contributed by atoms with E-state index in [1.54, 1.807) is 0 Å². The molecule has 1 heterocycles. The average molecular weight is 785 g/mol. The summed E-state index contributed by atoms with van der Waals surface area (Å²) in [5.41, 5.74) is 20.0. The lowest BCUT2D eigenvalue weighted by molar-refractivity contribution is 0.660. The second-order valence-corrected chi connectivity index (χ2v) is 17.7. The van der Waals surface area contributed by atoms with Crippen molar-refractivity contribution in [2.75, 3.05) is 4.90 Å². The summed E-state index contributed by atoms with van der Waals surface area (Å²) in [6.07, 6.45) is 0. The SMILES string of the molecule is C.CC1(C)c2ccccc2-c2cc(N(c3cccc(-c4cccc5c(-n6c7ccccc7c7ccccc76)cccc45)c3)c3cccc4c3C(C)(C)c3ccccc3-4)ccc21. The summed E-state index contributed by atoms with van der Waals surface area (Å²) in [5.74, 6) is 0. The number of fused-ring (bicyclic) bond motifs is 10. The minimum atomic E-state index is -0.192. The van der Waals surface area contributed by atoms with Gasteiger partial charge in [0, 0.05) is 38.4 Å². The Hall–Kier alpha value is -7.16. The molecular weight excluding hydrogens is 737 g/mol. The quantitative estimate of drug-likeness (QED) is 0.169. The largest absolute Gasteiger partial charge is 0.310 e. The molecule has 0 amide bonds. The van der Waals surface area contributed by atoms with E-state index in [2.05, 4.69) is 231 Å². The smallest absolute Gasteiger partial charge is 0.0541 e. The normalized spacial score (nSPS) is 14.0. The molecule has 1 aromatic heterocycles. The van der Waals surface area contributed by atoms with Crippen molar-refractivity contribution in [1.29, 1.82) is 0 Å². The maximum Gasteiger partial charge on any atom is 0.0541 e. The minimum absolute atomic E-state index is 0. The molecule has 2 nitrogen and oxygen atoms in total. The van der Waals surface area contributed by atoms with Gasteiger partial charge in [0.15, 0.2) is 0 Å². The van der Waals surface area contributed by atoms with Crippen LogP contribution in [0.4, 0.5) is 17.1 Å². The van der Waals surface area contributed by atoms with Gasteiger partial charge in [-0.3, -0.25) is 0 Å². The van der Waals surface area contributed by atoms with Crippen LogP contribution in [-0.4, -0.2) is 4.57 Å². The fourth-order valence-electron chi connectivity index (χ4n) is 11.0. The van der Waals surface area contributed by atoms with Gasteiger partial charge in [-0.1, -0.05) is 181 Å². The molecule has 0 unspecified atom stereocenters. The lowest BCUT2D eigenvalue weighted by Gasteiger charge is -2.33. The van der Waals surface area contributed by atoms with Crippen LogP contribution in [0.25, 0.3) is 71.6 Å². The standard InChI is InChI=1S/C58H44N2.CH4/c1-57(2)49-27-9-6-20-43(49)48-36-39(33-34-51(48)57)59(55-32-16-26-47-42-19-5-10-28-50(42)58(3,4)56(47)55)38-18-13-17-37(35-38)40-23-14-25-44-41(40)24-15-31-54(44)60-52-29-11-7-21-45(52)46-22-8-12-30-53(46)60;/h5-36H,1-4H3;1H4. The Morgan fingerprint density at radius 1 is 0.377 bits per heavy atom. The van der Waals surface area contributed by atoms with E-state index in [1.165, 1.54) is 99.6 Å². The Morgan fingerprint density at radius 2 is 0.902 bits per heavy atom. The number of rotatable bonds is 5. The first-order valence-corrected chi connectivity index (χ1v) is 21.2. The molecule has 10 aromatic rings. The van der Waals surface area contributed by atoms with E-state index in [1.807, 2.05) is 0 Å². The van der Waals surface area contributed by atoms with Crippen LogP contribution < -0.4 is 4.90 Å². The summed E-state index contributed by atoms with van der Waals surface area (Å²) in [7, 11) is 0. The van der Waals surface area contributed by atoms with Crippen molar-refractivity contribution in [2.24, 2.45) is 0 Å². The molecule has 294 valence electrons. The molecule has 12 rings (SSSR count). The summed E-state index contributed by atoms with van der Waals surface area (Å²) < 4.78 is 2.44. The molecule has 2 aliphatic carbocycles. The van der Waals surface area contributed by atoms with Gasteiger partial charge in [0.2, 0.25) is 0 Å². The first-order chi connectivity index (χ1) is 29.3. The lowest BCUT2D eigenvalue weighted by Crippen LogP contribution is -2.21. The zero-order valence-electron chi connectivity index (χ0n) is 34.4. The van der Waals surface area contributed by atoms with E-state index < -0.39 is 0 Å². The number of aromatic nitrogens is 1.